The van der Waals surface area contributed by atoms with E-state index in [4.69, 9.17) is 0 Å². The van der Waals surface area contributed by atoms with Crippen molar-refractivity contribution in [2.75, 3.05) is 0 Å². The maximum atomic E-state index is 9.27. The van der Waals surface area contributed by atoms with Crippen LogP contribution in [0.5, 0.6) is 0 Å². The van der Waals surface area contributed by atoms with Gasteiger partial charge in [-0.15, -0.1) is 0 Å². The molecule has 3 heteroatoms. The minimum absolute atomic E-state index is 0. The standard InChI is InChI=1S/C4H7O2.Y/c1-4(2)6-3-5;/h4H,1-2H3;/q-1;. The molecule has 0 aromatic carbocycles. The van der Waals surface area contributed by atoms with Crippen molar-refractivity contribution in [3.63, 3.8) is 0 Å². The molecule has 0 spiro atoms. The molecule has 0 aliphatic rings. The third kappa shape index (κ3) is 10.8. The van der Waals surface area contributed by atoms with Crippen molar-refractivity contribution in [2.24, 2.45) is 0 Å². The molecule has 0 unspecified atom stereocenters. The van der Waals surface area contributed by atoms with Gasteiger partial charge in [-0.3, -0.25) is 0 Å². The molecule has 0 aliphatic heterocycles. The summed E-state index contributed by atoms with van der Waals surface area (Å²) in [5.41, 5.74) is 0. The molecule has 0 aromatic heterocycles. The summed E-state index contributed by atoms with van der Waals surface area (Å²) < 4.78 is 4.24. The van der Waals surface area contributed by atoms with Gasteiger partial charge in [0.05, 0.1) is 6.10 Å². The third-order valence-corrected chi connectivity index (χ3v) is 0.284. The van der Waals surface area contributed by atoms with Crippen LogP contribution >= 0.6 is 0 Å². The summed E-state index contributed by atoms with van der Waals surface area (Å²) in [6, 6.07) is 0. The molecule has 2 nitrogen and oxygen atoms in total. The fourth-order valence-electron chi connectivity index (χ4n) is 0.0962. The van der Waals surface area contributed by atoms with Gasteiger partial charge in [-0.2, -0.15) is 0 Å². The molecule has 0 aromatic rings. The molecule has 0 amide bonds. The summed E-state index contributed by atoms with van der Waals surface area (Å²) in [6.45, 7) is 4.85. The van der Waals surface area contributed by atoms with Crippen LogP contribution in [0, 0.1) is 0 Å². The van der Waals surface area contributed by atoms with Crippen molar-refractivity contribution in [3.05, 3.63) is 0 Å². The minimum atomic E-state index is -0.0255. The molecule has 0 fully saturated rings. The SMILES string of the molecule is CC(C)O[C-]=O.[Y]. The van der Waals surface area contributed by atoms with Gasteiger partial charge in [-0.25, -0.2) is 0 Å². The Hall–Kier alpha value is 0.574. The van der Waals surface area contributed by atoms with Gasteiger partial charge in [0.25, 0.3) is 0 Å². The van der Waals surface area contributed by atoms with E-state index in [9.17, 15) is 4.79 Å². The fourth-order valence-corrected chi connectivity index (χ4v) is 0.0962. The Morgan fingerprint density at radius 2 is 2.00 bits per heavy atom. The molecule has 0 N–H and O–H groups in total. The molecule has 0 heterocycles. The zero-order chi connectivity index (χ0) is 4.99. The zero-order valence-corrected chi connectivity index (χ0v) is 7.31. The maximum Gasteiger partial charge on any atom is 0.0537 e. The van der Waals surface area contributed by atoms with E-state index < -0.39 is 0 Å². The van der Waals surface area contributed by atoms with E-state index in [1.54, 1.807) is 13.8 Å². The maximum absolute atomic E-state index is 9.27. The van der Waals surface area contributed by atoms with Gasteiger partial charge in [0, 0.05) is 32.7 Å². The Balaban J connectivity index is 0. The van der Waals surface area contributed by atoms with Gasteiger partial charge in [-0.1, -0.05) is 6.47 Å². The van der Waals surface area contributed by atoms with Crippen LogP contribution in [0.1, 0.15) is 13.8 Å². The summed E-state index contributed by atoms with van der Waals surface area (Å²) in [5.74, 6) is 0. The predicted octanol–water partition coefficient (Wildman–Crippen LogP) is 0.476. The molecule has 0 atom stereocenters. The molecule has 0 bridgehead atoms. The summed E-state index contributed by atoms with van der Waals surface area (Å²) in [7, 11) is 0. The van der Waals surface area contributed by atoms with E-state index in [1.165, 1.54) is 6.47 Å². The topological polar surface area (TPSA) is 26.3 Å². The van der Waals surface area contributed by atoms with E-state index in [2.05, 4.69) is 4.74 Å². The van der Waals surface area contributed by atoms with Crippen molar-refractivity contribution in [2.45, 2.75) is 20.0 Å². The van der Waals surface area contributed by atoms with Crippen molar-refractivity contribution in [1.82, 2.24) is 0 Å². The molecule has 0 saturated carbocycles. The number of ether oxygens (including phenoxy) is 1. The summed E-state index contributed by atoms with van der Waals surface area (Å²) in [5, 5.41) is 0. The van der Waals surface area contributed by atoms with Crippen LogP contribution in [0.4, 0.5) is 0 Å². The second kappa shape index (κ2) is 6.57. The van der Waals surface area contributed by atoms with Gasteiger partial charge >= 0.3 is 0 Å². The molecule has 0 rings (SSSR count). The summed E-state index contributed by atoms with van der Waals surface area (Å²) in [4.78, 5) is 9.27. The van der Waals surface area contributed by atoms with E-state index >= 15 is 0 Å². The van der Waals surface area contributed by atoms with Crippen molar-refractivity contribution < 1.29 is 42.2 Å². The van der Waals surface area contributed by atoms with Crippen LogP contribution in [0.3, 0.4) is 0 Å². The Morgan fingerprint density at radius 3 is 2.00 bits per heavy atom. The average molecular weight is 176 g/mol. The van der Waals surface area contributed by atoms with Crippen LogP contribution in [0.25, 0.3) is 0 Å². The normalized spacial score (nSPS) is 7.29. The predicted molar refractivity (Wildman–Crippen MR) is 21.9 cm³/mol. The molecule has 1 radical (unpaired) electrons. The quantitative estimate of drug-likeness (QED) is 0.572. The minimum Gasteiger partial charge on any atom is -0.651 e. The van der Waals surface area contributed by atoms with Crippen molar-refractivity contribution in [1.29, 1.82) is 0 Å². The molecule has 0 saturated heterocycles. The number of hydrogen-bond donors (Lipinski definition) is 0. The van der Waals surface area contributed by atoms with Crippen molar-refractivity contribution >= 4 is 6.47 Å². The number of hydrogen-bond acceptors (Lipinski definition) is 2. The van der Waals surface area contributed by atoms with Gasteiger partial charge in [0.2, 0.25) is 0 Å². The van der Waals surface area contributed by atoms with Crippen LogP contribution in [-0.4, -0.2) is 12.6 Å². The molecule has 0 aliphatic carbocycles. The third-order valence-electron chi connectivity index (χ3n) is 0.284. The number of rotatable bonds is 2. The van der Waals surface area contributed by atoms with E-state index in [0.717, 1.165) is 0 Å². The first kappa shape index (κ1) is 10.5. The molecule has 39 valence electrons. The monoisotopic (exact) mass is 176 g/mol. The van der Waals surface area contributed by atoms with Crippen molar-refractivity contribution in [3.8, 4) is 0 Å². The average Bonchev–Trinajstić information content (AvgIpc) is 1.35. The Kier molecular flexibility index (Phi) is 9.89. The van der Waals surface area contributed by atoms with Gasteiger partial charge < -0.3 is 9.53 Å². The molecular weight excluding hydrogens is 169 g/mol. The summed E-state index contributed by atoms with van der Waals surface area (Å²) in [6.07, 6.45) is -0.0255. The van der Waals surface area contributed by atoms with Crippen LogP contribution in [0.2, 0.25) is 0 Å². The van der Waals surface area contributed by atoms with Crippen LogP contribution in [0.15, 0.2) is 0 Å². The molecular formula is C4H7O2Y-. The van der Waals surface area contributed by atoms with E-state index in [-0.39, 0.29) is 38.8 Å². The van der Waals surface area contributed by atoms with E-state index in [0.29, 0.717) is 0 Å². The van der Waals surface area contributed by atoms with Gasteiger partial charge in [0.1, 0.15) is 0 Å². The summed E-state index contributed by atoms with van der Waals surface area (Å²) >= 11 is 0. The van der Waals surface area contributed by atoms with Crippen LogP contribution in [-0.2, 0) is 42.2 Å². The first-order valence-corrected chi connectivity index (χ1v) is 1.80. The Bertz CT molecular complexity index is 45.0. The smallest absolute Gasteiger partial charge is 0.0537 e. The van der Waals surface area contributed by atoms with Gasteiger partial charge in [0.15, 0.2) is 0 Å². The Morgan fingerprint density at radius 1 is 1.57 bits per heavy atom. The second-order valence-electron chi connectivity index (χ2n) is 1.25. The second-order valence-corrected chi connectivity index (χ2v) is 1.25. The first-order valence-electron chi connectivity index (χ1n) is 1.80. The first-order chi connectivity index (χ1) is 2.77. The molecule has 7 heavy (non-hydrogen) atoms. The Labute approximate surface area is 68.5 Å². The van der Waals surface area contributed by atoms with E-state index in [1.807, 2.05) is 0 Å². The fraction of sp³-hybridized carbons (Fsp3) is 0.750. The zero-order valence-electron chi connectivity index (χ0n) is 4.47. The number of carbonyl (C=O) groups excluding carboxylic acids is 1. The van der Waals surface area contributed by atoms with Gasteiger partial charge in [-0.05, 0) is 13.8 Å². The van der Waals surface area contributed by atoms with Crippen LogP contribution < -0.4 is 0 Å². The largest absolute Gasteiger partial charge is 0.651 e.